The molecule has 1 aromatic rings. The topological polar surface area (TPSA) is 21.3 Å². The van der Waals surface area contributed by atoms with Crippen LogP contribution in [0.1, 0.15) is 44.1 Å². The molecule has 5 atom stereocenters. The fraction of sp³-hybridized carbons (Fsp3) is 0.667. The van der Waals surface area contributed by atoms with Crippen molar-refractivity contribution in [1.29, 1.82) is 0 Å². The molecule has 3 rings (SSSR count). The molecule has 1 aliphatic carbocycles. The van der Waals surface area contributed by atoms with E-state index in [1.165, 1.54) is 31.2 Å². The summed E-state index contributed by atoms with van der Waals surface area (Å²) in [6, 6.07) is 11.7. The lowest BCUT2D eigenvalue weighted by Gasteiger charge is -2.37. The molecule has 0 bridgehead atoms. The Balaban J connectivity index is 1.67. The van der Waals surface area contributed by atoms with Crippen LogP contribution in [0.2, 0.25) is 0 Å². The van der Waals surface area contributed by atoms with Gasteiger partial charge in [0.1, 0.15) is 0 Å². The van der Waals surface area contributed by atoms with Gasteiger partial charge in [0.25, 0.3) is 0 Å². The first kappa shape index (κ1) is 15.4. The Labute approximate surface area is 133 Å². The number of ether oxygens (including phenoxy) is 1. The molecule has 1 heterocycles. The molecule has 0 amide bonds. The first-order valence-electron chi connectivity index (χ1n) is 8.27. The van der Waals surface area contributed by atoms with E-state index in [9.17, 15) is 0 Å². The lowest BCUT2D eigenvalue weighted by molar-refractivity contribution is 0.127. The molecule has 116 valence electrons. The van der Waals surface area contributed by atoms with Gasteiger partial charge in [-0.05, 0) is 51.1 Å². The van der Waals surface area contributed by atoms with E-state index in [2.05, 4.69) is 61.4 Å². The van der Waals surface area contributed by atoms with Crippen LogP contribution in [0.25, 0.3) is 0 Å². The van der Waals surface area contributed by atoms with E-state index >= 15 is 0 Å². The quantitative estimate of drug-likeness (QED) is 0.913. The van der Waals surface area contributed by atoms with Crippen molar-refractivity contribution >= 4 is 11.8 Å². The first-order chi connectivity index (χ1) is 10.3. The minimum atomic E-state index is 0.421. The summed E-state index contributed by atoms with van der Waals surface area (Å²) in [6.45, 7) is 3.18. The van der Waals surface area contributed by atoms with E-state index in [1.807, 2.05) is 0 Å². The molecular weight excluding hydrogens is 278 g/mol. The zero-order chi connectivity index (χ0) is 14.7. The maximum absolute atomic E-state index is 5.75. The van der Waals surface area contributed by atoms with E-state index in [1.54, 1.807) is 0 Å². The molecule has 1 aromatic carbocycles. The van der Waals surface area contributed by atoms with E-state index in [0.29, 0.717) is 22.6 Å². The Morgan fingerprint density at radius 3 is 2.57 bits per heavy atom. The van der Waals surface area contributed by atoms with Gasteiger partial charge in [0.15, 0.2) is 0 Å². The van der Waals surface area contributed by atoms with Crippen molar-refractivity contribution < 1.29 is 4.74 Å². The van der Waals surface area contributed by atoms with Gasteiger partial charge in [-0.25, -0.2) is 0 Å². The third-order valence-corrected chi connectivity index (χ3v) is 6.93. The van der Waals surface area contributed by atoms with Crippen molar-refractivity contribution in [2.45, 2.75) is 61.2 Å². The van der Waals surface area contributed by atoms with Crippen LogP contribution in [0.15, 0.2) is 30.3 Å². The second kappa shape index (κ2) is 7.17. The second-order valence-corrected chi connectivity index (χ2v) is 7.88. The molecule has 1 N–H and O–H groups in total. The van der Waals surface area contributed by atoms with Crippen LogP contribution in [-0.2, 0) is 4.74 Å². The number of nitrogens with one attached hydrogen (secondary N) is 1. The van der Waals surface area contributed by atoms with E-state index in [0.717, 1.165) is 12.5 Å². The van der Waals surface area contributed by atoms with Gasteiger partial charge in [-0.1, -0.05) is 30.3 Å². The van der Waals surface area contributed by atoms with Crippen molar-refractivity contribution in [2.75, 3.05) is 13.7 Å². The lowest BCUT2D eigenvalue weighted by atomic mass is 9.81. The molecule has 0 radical (unpaired) electrons. The summed E-state index contributed by atoms with van der Waals surface area (Å²) in [4.78, 5) is 0. The fourth-order valence-electron chi connectivity index (χ4n) is 3.75. The molecule has 3 heteroatoms. The Kier molecular flexibility index (Phi) is 5.25. The number of hydrogen-bond acceptors (Lipinski definition) is 3. The summed E-state index contributed by atoms with van der Waals surface area (Å²) in [5.74, 6) is 0.728. The smallest absolute Gasteiger partial charge is 0.0666 e. The van der Waals surface area contributed by atoms with Crippen LogP contribution in [0.3, 0.4) is 0 Å². The van der Waals surface area contributed by atoms with Gasteiger partial charge in [0.05, 0.1) is 6.10 Å². The minimum absolute atomic E-state index is 0.421. The third-order valence-electron chi connectivity index (χ3n) is 5.09. The monoisotopic (exact) mass is 305 g/mol. The Morgan fingerprint density at radius 1 is 1.10 bits per heavy atom. The fourth-order valence-corrected chi connectivity index (χ4v) is 5.54. The molecule has 1 saturated carbocycles. The normalized spacial score (nSPS) is 36.8. The summed E-state index contributed by atoms with van der Waals surface area (Å²) in [5.41, 5.74) is 1.52. The van der Waals surface area contributed by atoms with E-state index in [-0.39, 0.29) is 0 Å². The third kappa shape index (κ3) is 3.64. The minimum Gasteiger partial charge on any atom is -0.377 e. The van der Waals surface area contributed by atoms with Gasteiger partial charge in [-0.3, -0.25) is 0 Å². The van der Waals surface area contributed by atoms with Gasteiger partial charge in [0.2, 0.25) is 0 Å². The number of thioether (sulfide) groups is 1. The van der Waals surface area contributed by atoms with Crippen LogP contribution in [0.5, 0.6) is 0 Å². The van der Waals surface area contributed by atoms with Gasteiger partial charge in [-0.2, -0.15) is 11.8 Å². The maximum atomic E-state index is 5.75. The van der Waals surface area contributed by atoms with Crippen molar-refractivity contribution in [3.8, 4) is 0 Å². The standard InChI is InChI=1S/C18H27NOS/c1-13-17(10-11-20-13)21-18-12-15(8-9-16(18)19-2)14-6-4-3-5-7-14/h3-7,13,15-19H,8-12H2,1-2H3. The van der Waals surface area contributed by atoms with Gasteiger partial charge in [-0.15, -0.1) is 0 Å². The average Bonchev–Trinajstić information content (AvgIpc) is 2.93. The van der Waals surface area contributed by atoms with Crippen LogP contribution in [-0.4, -0.2) is 36.3 Å². The lowest BCUT2D eigenvalue weighted by Crippen LogP contribution is -2.41. The molecule has 5 unspecified atom stereocenters. The van der Waals surface area contributed by atoms with Crippen molar-refractivity contribution in [3.05, 3.63) is 35.9 Å². The highest BCUT2D eigenvalue weighted by atomic mass is 32.2. The van der Waals surface area contributed by atoms with Crippen LogP contribution in [0, 0.1) is 0 Å². The highest BCUT2D eigenvalue weighted by molar-refractivity contribution is 8.00. The number of rotatable bonds is 4. The van der Waals surface area contributed by atoms with Crippen LogP contribution in [0.4, 0.5) is 0 Å². The largest absolute Gasteiger partial charge is 0.377 e. The predicted molar refractivity (Wildman–Crippen MR) is 91.1 cm³/mol. The summed E-state index contributed by atoms with van der Waals surface area (Å²) >= 11 is 2.18. The molecule has 2 nitrogen and oxygen atoms in total. The van der Waals surface area contributed by atoms with Crippen LogP contribution >= 0.6 is 11.8 Å². The van der Waals surface area contributed by atoms with Crippen molar-refractivity contribution in [2.24, 2.45) is 0 Å². The molecule has 1 aliphatic heterocycles. The Bertz CT molecular complexity index is 438. The van der Waals surface area contributed by atoms with E-state index < -0.39 is 0 Å². The number of hydrogen-bond donors (Lipinski definition) is 1. The van der Waals surface area contributed by atoms with Crippen molar-refractivity contribution in [3.63, 3.8) is 0 Å². The Morgan fingerprint density at radius 2 is 1.90 bits per heavy atom. The summed E-state index contributed by atoms with van der Waals surface area (Å²) in [5, 5.41) is 4.95. The molecule has 0 spiro atoms. The molecule has 2 aliphatic rings. The van der Waals surface area contributed by atoms with Gasteiger partial charge >= 0.3 is 0 Å². The zero-order valence-electron chi connectivity index (χ0n) is 13.1. The van der Waals surface area contributed by atoms with Crippen molar-refractivity contribution in [1.82, 2.24) is 5.32 Å². The summed E-state index contributed by atoms with van der Waals surface area (Å²) in [6.07, 6.45) is 5.53. The molecule has 2 fully saturated rings. The maximum Gasteiger partial charge on any atom is 0.0666 e. The predicted octanol–water partition coefficient (Wildman–Crippen LogP) is 3.82. The second-order valence-electron chi connectivity index (χ2n) is 6.39. The zero-order valence-corrected chi connectivity index (χ0v) is 13.9. The summed E-state index contributed by atoms with van der Waals surface area (Å²) < 4.78 is 5.75. The highest BCUT2D eigenvalue weighted by Gasteiger charge is 2.35. The highest BCUT2D eigenvalue weighted by Crippen LogP contribution is 2.41. The average molecular weight is 305 g/mol. The first-order valence-corrected chi connectivity index (χ1v) is 9.21. The molecule has 1 saturated heterocycles. The molecule has 0 aromatic heterocycles. The van der Waals surface area contributed by atoms with Gasteiger partial charge < -0.3 is 10.1 Å². The summed E-state index contributed by atoms with van der Waals surface area (Å²) in [7, 11) is 2.12. The SMILES string of the molecule is CNC1CCC(c2ccccc2)CC1SC1CCOC1C. The van der Waals surface area contributed by atoms with E-state index in [4.69, 9.17) is 4.74 Å². The Hall–Kier alpha value is -0.510. The molecular formula is C18H27NOS. The number of benzene rings is 1. The molecule has 21 heavy (non-hydrogen) atoms. The van der Waals surface area contributed by atoms with Gasteiger partial charge in [0, 0.05) is 23.1 Å². The van der Waals surface area contributed by atoms with Crippen LogP contribution < -0.4 is 5.32 Å².